The van der Waals surface area contributed by atoms with Crippen LogP contribution in [-0.2, 0) is 10.8 Å². The molecule has 0 aliphatic rings. The van der Waals surface area contributed by atoms with Crippen LogP contribution in [0.5, 0.6) is 0 Å². The van der Waals surface area contributed by atoms with Gasteiger partial charge < -0.3 is 5.32 Å². The molecule has 0 amide bonds. The van der Waals surface area contributed by atoms with Crippen molar-refractivity contribution in [2.24, 2.45) is 0 Å². The molecular formula is C12H18F5NOS. The summed E-state index contributed by atoms with van der Waals surface area (Å²) < 4.78 is 71.9. The van der Waals surface area contributed by atoms with Crippen molar-refractivity contribution >= 4 is 10.8 Å². The first kappa shape index (κ1) is 19.3. The van der Waals surface area contributed by atoms with E-state index >= 15 is 0 Å². The van der Waals surface area contributed by atoms with E-state index in [0.29, 0.717) is 6.42 Å². The third-order valence-electron chi connectivity index (χ3n) is 2.40. The molecule has 0 rings (SSSR count). The van der Waals surface area contributed by atoms with Gasteiger partial charge in [-0.15, -0.1) is 0 Å². The third kappa shape index (κ3) is 8.48. The quantitative estimate of drug-likeness (QED) is 0.423. The molecule has 0 aromatic heterocycles. The van der Waals surface area contributed by atoms with Gasteiger partial charge in [-0.2, -0.15) is 22.0 Å². The van der Waals surface area contributed by atoms with Crippen molar-refractivity contribution < 1.29 is 26.2 Å². The van der Waals surface area contributed by atoms with Gasteiger partial charge >= 0.3 is 12.1 Å². The topological polar surface area (TPSA) is 29.1 Å². The van der Waals surface area contributed by atoms with Crippen molar-refractivity contribution in [1.29, 1.82) is 0 Å². The van der Waals surface area contributed by atoms with E-state index < -0.39 is 35.7 Å². The fourth-order valence-electron chi connectivity index (χ4n) is 1.26. The van der Waals surface area contributed by atoms with Gasteiger partial charge in [0.1, 0.15) is 0 Å². The van der Waals surface area contributed by atoms with E-state index in [0.717, 1.165) is 19.4 Å². The molecule has 0 aliphatic heterocycles. The van der Waals surface area contributed by atoms with Gasteiger partial charge in [-0.25, -0.2) is 4.21 Å². The van der Waals surface area contributed by atoms with Crippen LogP contribution in [-0.4, -0.2) is 35.7 Å². The molecule has 0 aliphatic carbocycles. The fourth-order valence-corrected chi connectivity index (χ4v) is 2.04. The van der Waals surface area contributed by atoms with Crippen molar-refractivity contribution in [2.75, 3.05) is 19.3 Å². The van der Waals surface area contributed by atoms with E-state index in [4.69, 9.17) is 0 Å². The number of nitrogens with one attached hydrogen (secondary N) is 1. The number of hydrogen-bond donors (Lipinski definition) is 1. The highest BCUT2D eigenvalue weighted by molar-refractivity contribution is 7.89. The molecule has 2 nitrogen and oxygen atoms in total. The van der Waals surface area contributed by atoms with Gasteiger partial charge in [0.05, 0.1) is 10.8 Å². The zero-order valence-corrected chi connectivity index (χ0v) is 12.0. The van der Waals surface area contributed by atoms with E-state index in [1.54, 1.807) is 0 Å². The Labute approximate surface area is 118 Å². The van der Waals surface area contributed by atoms with Crippen LogP contribution in [0.2, 0.25) is 0 Å². The predicted molar refractivity (Wildman–Crippen MR) is 68.8 cm³/mol. The van der Waals surface area contributed by atoms with Crippen LogP contribution in [0.15, 0.2) is 0 Å². The predicted octanol–water partition coefficient (Wildman–Crippen LogP) is 3.06. The second kappa shape index (κ2) is 9.29. The molecule has 0 fully saturated rings. The van der Waals surface area contributed by atoms with Crippen molar-refractivity contribution in [3.63, 3.8) is 0 Å². The lowest BCUT2D eigenvalue weighted by molar-refractivity contribution is -0.284. The van der Waals surface area contributed by atoms with Crippen molar-refractivity contribution in [3.8, 4) is 11.2 Å². The molecule has 0 heterocycles. The second-order valence-corrected chi connectivity index (χ2v) is 5.50. The minimum atomic E-state index is -5.55. The first-order chi connectivity index (χ1) is 9.20. The molecule has 0 aromatic rings. The smallest absolute Gasteiger partial charge is 0.320 e. The standard InChI is InChI=1S/C12H18F5NOS/c1-18-8-4-2-3-5-9-20(19)10-6-7-11(13,14)12(15,16)17/h18H,2-4,6-8,10H2,1H3. The highest BCUT2D eigenvalue weighted by Crippen LogP contribution is 2.38. The normalized spacial score (nSPS) is 13.7. The molecule has 0 radical (unpaired) electrons. The molecule has 8 heteroatoms. The zero-order chi connectivity index (χ0) is 15.6. The minimum Gasteiger partial charge on any atom is -0.320 e. The lowest BCUT2D eigenvalue weighted by Gasteiger charge is -2.18. The average molecular weight is 319 g/mol. The molecule has 1 atom stereocenters. The summed E-state index contributed by atoms with van der Waals surface area (Å²) >= 11 is 0. The molecule has 1 unspecified atom stereocenters. The molecule has 0 bridgehead atoms. The van der Waals surface area contributed by atoms with Crippen LogP contribution in [0.3, 0.4) is 0 Å². The van der Waals surface area contributed by atoms with Crippen LogP contribution >= 0.6 is 0 Å². The first-order valence-electron chi connectivity index (χ1n) is 6.17. The summed E-state index contributed by atoms with van der Waals surface area (Å²) in [7, 11) is 0.151. The average Bonchev–Trinajstić information content (AvgIpc) is 2.32. The van der Waals surface area contributed by atoms with Crippen molar-refractivity contribution in [2.45, 2.75) is 44.2 Å². The molecule has 0 aromatic carbocycles. The SMILES string of the molecule is CNCCCCC#CS(=O)CCCC(F)(F)C(F)(F)F. The fraction of sp³-hybridized carbons (Fsp3) is 0.833. The Bertz CT molecular complexity index is 359. The molecule has 118 valence electrons. The highest BCUT2D eigenvalue weighted by atomic mass is 32.2. The molecule has 20 heavy (non-hydrogen) atoms. The molecule has 1 N–H and O–H groups in total. The second-order valence-electron chi connectivity index (χ2n) is 4.19. The first-order valence-corrected chi connectivity index (χ1v) is 7.48. The maximum atomic E-state index is 12.5. The lowest BCUT2D eigenvalue weighted by Crippen LogP contribution is -2.36. The summed E-state index contributed by atoms with van der Waals surface area (Å²) in [5.74, 6) is -2.36. The van der Waals surface area contributed by atoms with E-state index in [1.165, 1.54) is 0 Å². The van der Waals surface area contributed by atoms with E-state index in [1.807, 2.05) is 7.05 Å². The lowest BCUT2D eigenvalue weighted by atomic mass is 10.2. The third-order valence-corrected chi connectivity index (χ3v) is 3.43. The Hall–Kier alpha value is -0.680. The van der Waals surface area contributed by atoms with Crippen LogP contribution in [0, 0.1) is 11.2 Å². The number of hydrogen-bond acceptors (Lipinski definition) is 2. The highest BCUT2D eigenvalue weighted by Gasteiger charge is 2.56. The maximum absolute atomic E-state index is 12.5. The van der Waals surface area contributed by atoms with Crippen molar-refractivity contribution in [1.82, 2.24) is 5.32 Å². The largest absolute Gasteiger partial charge is 0.453 e. The number of unbranched alkanes of at least 4 members (excludes halogenated alkanes) is 2. The van der Waals surface area contributed by atoms with Crippen LogP contribution in [0.4, 0.5) is 22.0 Å². The van der Waals surface area contributed by atoms with Crippen LogP contribution < -0.4 is 5.32 Å². The van der Waals surface area contributed by atoms with E-state index in [-0.39, 0.29) is 5.75 Å². The zero-order valence-electron chi connectivity index (χ0n) is 11.2. The van der Waals surface area contributed by atoms with Gasteiger partial charge in [0.2, 0.25) is 0 Å². The van der Waals surface area contributed by atoms with E-state index in [2.05, 4.69) is 16.5 Å². The number of rotatable bonds is 8. The summed E-state index contributed by atoms with van der Waals surface area (Å²) in [6, 6.07) is 0. The molecular weight excluding hydrogens is 301 g/mol. The maximum Gasteiger partial charge on any atom is 0.453 e. The van der Waals surface area contributed by atoms with Gasteiger partial charge in [-0.1, -0.05) is 5.92 Å². The van der Waals surface area contributed by atoms with E-state index in [9.17, 15) is 26.2 Å². The summed E-state index contributed by atoms with van der Waals surface area (Å²) in [4.78, 5) is 0. The Kier molecular flexibility index (Phi) is 8.98. The Morgan fingerprint density at radius 1 is 1.10 bits per heavy atom. The van der Waals surface area contributed by atoms with Gasteiger partial charge in [-0.05, 0) is 38.1 Å². The van der Waals surface area contributed by atoms with Gasteiger partial charge in [-0.3, -0.25) is 0 Å². The van der Waals surface area contributed by atoms with Crippen LogP contribution in [0.25, 0.3) is 0 Å². The molecule has 0 spiro atoms. The Balaban J connectivity index is 3.87. The van der Waals surface area contributed by atoms with Gasteiger partial charge in [0.15, 0.2) is 0 Å². The monoisotopic (exact) mass is 319 g/mol. The molecule has 0 saturated carbocycles. The number of alkyl halides is 5. The Morgan fingerprint density at radius 3 is 2.30 bits per heavy atom. The van der Waals surface area contributed by atoms with Crippen LogP contribution in [0.1, 0.15) is 32.1 Å². The summed E-state index contributed by atoms with van der Waals surface area (Å²) in [5.41, 5.74) is 0. The summed E-state index contributed by atoms with van der Waals surface area (Å²) in [5, 5.41) is 5.31. The van der Waals surface area contributed by atoms with Gasteiger partial charge in [0.25, 0.3) is 0 Å². The summed E-state index contributed by atoms with van der Waals surface area (Å²) in [6.07, 6.45) is -5.12. The minimum absolute atomic E-state index is 0.269. The Morgan fingerprint density at radius 2 is 1.75 bits per heavy atom. The number of halogens is 5. The molecule has 0 saturated heterocycles. The van der Waals surface area contributed by atoms with Crippen molar-refractivity contribution in [3.05, 3.63) is 0 Å². The van der Waals surface area contributed by atoms with Gasteiger partial charge in [0, 0.05) is 18.6 Å². The summed E-state index contributed by atoms with van der Waals surface area (Å²) in [6.45, 7) is 0.845.